The van der Waals surface area contributed by atoms with Crippen molar-refractivity contribution >= 4 is 75.7 Å². The lowest BCUT2D eigenvalue weighted by atomic mass is 9.92. The fraction of sp³-hybridized carbons (Fsp3) is 0.171. The van der Waals surface area contributed by atoms with Crippen LogP contribution in [0, 0.1) is 41.5 Å². The van der Waals surface area contributed by atoms with Gasteiger partial charge in [0.05, 0.1) is 34.2 Å². The second-order valence-corrected chi connectivity index (χ2v) is 25.1. The molecule has 5 amide bonds. The molecule has 16 heteroatoms. The third kappa shape index (κ3) is 14.5. The maximum atomic E-state index is 15.3. The lowest BCUT2D eigenvalue weighted by Gasteiger charge is -2.28. The van der Waals surface area contributed by atoms with Crippen molar-refractivity contribution in [3.8, 4) is 50.3 Å². The lowest BCUT2D eigenvalue weighted by Crippen LogP contribution is -2.51. The number of nitrogens with zero attached hydrogens (tertiary/aromatic N) is 6. The Morgan fingerprint density at radius 1 is 0.449 bits per heavy atom. The van der Waals surface area contributed by atoms with Gasteiger partial charge in [-0.25, -0.2) is 19.6 Å². The van der Waals surface area contributed by atoms with Crippen LogP contribution in [0.3, 0.4) is 0 Å². The molecule has 16 nitrogen and oxygen atoms in total. The van der Waals surface area contributed by atoms with Gasteiger partial charge in [0.15, 0.2) is 0 Å². The Kier molecular flexibility index (Phi) is 19.1. The molecule has 0 aliphatic carbocycles. The third-order valence-corrected chi connectivity index (χ3v) is 17.9. The molecule has 1 atom stereocenters. The van der Waals surface area contributed by atoms with Gasteiger partial charge in [0.1, 0.15) is 11.8 Å². The molecule has 98 heavy (non-hydrogen) atoms. The highest BCUT2D eigenvalue weighted by molar-refractivity contribution is 6.05. The number of phenolic OH excluding ortho intramolecular Hbond substituents is 1. The molecule has 2 aliphatic rings. The van der Waals surface area contributed by atoms with E-state index in [2.05, 4.69) is 154 Å². The number of pyridine rings is 3. The number of para-hydroxylation sites is 2. The van der Waals surface area contributed by atoms with E-state index < -0.39 is 12.1 Å². The quantitative estimate of drug-likeness (QED) is 0.0409. The van der Waals surface area contributed by atoms with Gasteiger partial charge >= 0.3 is 12.1 Å². The Balaban J connectivity index is 0.974. The SMILES string of the molecule is Cc1cc(C)c(-c2c3nc(c(-c4ccccc4NC(=O)NC(Cc4ccc(O)cc4)C(=O)N(CCc4ccccn4)CCc4ccccn4)c4ccc([nH]4)c(-c4c(C)cc(C)cc4C)c4nc(c(-c5ccccc5NC(=O)NCCc5ccccn5)c5ccc2[nH]5)C=C4)C=C3)c(C)c1. The number of hydrogen-bond donors (Lipinski definition) is 7. The number of aromatic hydroxyl groups is 1. The van der Waals surface area contributed by atoms with Crippen LogP contribution in [-0.4, -0.2) is 88.5 Å². The van der Waals surface area contributed by atoms with Gasteiger partial charge in [-0.15, -0.1) is 0 Å². The smallest absolute Gasteiger partial charge is 0.319 e. The molecule has 8 bridgehead atoms. The number of phenols is 1. The van der Waals surface area contributed by atoms with E-state index in [1.807, 2.05) is 109 Å². The molecule has 0 radical (unpaired) electrons. The topological polar surface area (TPSA) is 219 Å². The molecule has 6 aromatic heterocycles. The van der Waals surface area contributed by atoms with Crippen LogP contribution in [0.5, 0.6) is 5.75 Å². The van der Waals surface area contributed by atoms with Gasteiger partial charge in [-0.2, -0.15) is 0 Å². The minimum absolute atomic E-state index is 0.0870. The normalized spacial score (nSPS) is 11.9. The second-order valence-electron chi connectivity index (χ2n) is 25.1. The van der Waals surface area contributed by atoms with E-state index in [9.17, 15) is 9.90 Å². The number of carbonyl (C=O) groups excluding carboxylic acids is 3. The maximum absolute atomic E-state index is 15.3. The zero-order chi connectivity index (χ0) is 67.8. The predicted molar refractivity (Wildman–Crippen MR) is 394 cm³/mol. The summed E-state index contributed by atoms with van der Waals surface area (Å²) in [6.07, 6.45) is 15.1. The third-order valence-electron chi connectivity index (χ3n) is 17.9. The first-order valence-electron chi connectivity index (χ1n) is 33.1. The van der Waals surface area contributed by atoms with E-state index in [4.69, 9.17) is 9.97 Å². The minimum atomic E-state index is -1.04. The van der Waals surface area contributed by atoms with Gasteiger partial charge in [-0.1, -0.05) is 102 Å². The molecule has 5 aromatic carbocycles. The number of aromatic nitrogens is 7. The van der Waals surface area contributed by atoms with Crippen LogP contribution in [0.1, 0.15) is 78.8 Å². The average molecular weight is 1290 g/mol. The Morgan fingerprint density at radius 2 is 0.847 bits per heavy atom. The van der Waals surface area contributed by atoms with Crippen LogP contribution in [-0.2, 0) is 30.5 Å². The Hall–Kier alpha value is -12.0. The van der Waals surface area contributed by atoms with Crippen molar-refractivity contribution < 1.29 is 19.5 Å². The molecule has 1 unspecified atom stereocenters. The first kappa shape index (κ1) is 64.7. The van der Waals surface area contributed by atoms with Crippen LogP contribution in [0.15, 0.2) is 195 Å². The summed E-state index contributed by atoms with van der Waals surface area (Å²) in [5, 5.41) is 22.9. The van der Waals surface area contributed by atoms with Crippen LogP contribution >= 0.6 is 0 Å². The summed E-state index contributed by atoms with van der Waals surface area (Å²) >= 11 is 0. The lowest BCUT2D eigenvalue weighted by molar-refractivity contribution is -0.133. The number of hydrogen-bond acceptors (Lipinski definition) is 9. The minimum Gasteiger partial charge on any atom is -0.508 e. The molecule has 0 spiro atoms. The van der Waals surface area contributed by atoms with E-state index in [1.165, 1.54) is 0 Å². The van der Waals surface area contributed by atoms with Crippen molar-refractivity contribution in [2.24, 2.45) is 0 Å². The van der Waals surface area contributed by atoms with Gasteiger partial charge in [0.25, 0.3) is 0 Å². The van der Waals surface area contributed by atoms with Crippen LogP contribution in [0.25, 0.3) is 90.9 Å². The van der Waals surface area contributed by atoms with Gasteiger partial charge in [-0.3, -0.25) is 19.7 Å². The van der Waals surface area contributed by atoms with Crippen molar-refractivity contribution in [3.63, 3.8) is 0 Å². The average Bonchev–Trinajstić information content (AvgIpc) is 1.58. The summed E-state index contributed by atoms with van der Waals surface area (Å²) in [5.41, 5.74) is 23.3. The van der Waals surface area contributed by atoms with E-state index in [1.54, 1.807) is 47.8 Å². The number of nitrogens with one attached hydrogen (secondary N) is 6. The van der Waals surface area contributed by atoms with Crippen LogP contribution in [0.2, 0.25) is 0 Å². The van der Waals surface area contributed by atoms with Crippen molar-refractivity contribution in [2.45, 2.75) is 73.3 Å². The highest BCUT2D eigenvalue weighted by Gasteiger charge is 2.29. The number of carbonyl (C=O) groups is 3. The number of H-pyrrole nitrogens is 2. The monoisotopic (exact) mass is 1290 g/mol. The van der Waals surface area contributed by atoms with Gasteiger partial charge in [0, 0.05) is 136 Å². The van der Waals surface area contributed by atoms with Gasteiger partial charge in [-0.05, 0) is 190 Å². The van der Waals surface area contributed by atoms with Crippen molar-refractivity contribution in [1.29, 1.82) is 0 Å². The molecule has 13 rings (SSSR count). The molecule has 2 aliphatic heterocycles. The standard InChI is InChI=1S/C82H76N12O4/c1-50-45-52(3)74(53(4)46-50)78-69-32-28-65(87-69)76(61-20-7-9-22-63(61)91-81(97)86-42-36-57-17-11-14-39-83-57)66-29-33-70(88-66)79(75-54(5)47-51(2)48-55(75)6)72-35-31-68(90-72)77(67-30-34-71(78)89-67)62-21-8-10-23-64(62)92-82(98)93-73(49-56-24-26-60(95)27-25-56)80(96)94(43-37-58-18-12-15-40-84-58)44-38-59-19-13-16-41-85-59/h7-35,39-41,45-48,73,87,90,95H,36-38,42-44,49H2,1-6H3,(H2,86,91,97)(H2,92,93,98). The summed E-state index contributed by atoms with van der Waals surface area (Å²) in [6.45, 7) is 13.8. The second kappa shape index (κ2) is 28.9. The number of aromatic amines is 2. The number of benzene rings is 5. The zero-order valence-corrected chi connectivity index (χ0v) is 55.7. The molecule has 8 heterocycles. The molecular weight excluding hydrogens is 1220 g/mol. The van der Waals surface area contributed by atoms with E-state index >= 15 is 9.59 Å². The first-order valence-corrected chi connectivity index (χ1v) is 33.1. The number of aryl methyl sites for hydroxylation is 6. The fourth-order valence-corrected chi connectivity index (χ4v) is 13.6. The molecule has 11 aromatic rings. The first-order chi connectivity index (χ1) is 47.7. The van der Waals surface area contributed by atoms with E-state index in [-0.39, 0.29) is 24.1 Å². The maximum Gasteiger partial charge on any atom is 0.319 e. The molecule has 0 saturated carbocycles. The van der Waals surface area contributed by atoms with Crippen LogP contribution in [0.4, 0.5) is 21.0 Å². The number of urea groups is 2. The van der Waals surface area contributed by atoms with Gasteiger partial charge < -0.3 is 41.2 Å². The van der Waals surface area contributed by atoms with Crippen molar-refractivity contribution in [3.05, 3.63) is 273 Å². The number of amides is 5. The summed E-state index contributed by atoms with van der Waals surface area (Å²) in [7, 11) is 0. The van der Waals surface area contributed by atoms with E-state index in [0.717, 1.165) is 106 Å². The van der Waals surface area contributed by atoms with Crippen molar-refractivity contribution in [1.82, 2.24) is 50.4 Å². The van der Waals surface area contributed by atoms with Gasteiger partial charge in [0.2, 0.25) is 5.91 Å². The molecule has 488 valence electrons. The number of fused-ring (bicyclic) bond motifs is 8. The van der Waals surface area contributed by atoms with E-state index in [0.29, 0.717) is 89.7 Å². The number of rotatable bonds is 19. The molecular formula is C82H76N12O4. The predicted octanol–water partition coefficient (Wildman–Crippen LogP) is 16.5. The summed E-state index contributed by atoms with van der Waals surface area (Å²) in [5.74, 6) is -0.196. The Morgan fingerprint density at radius 3 is 1.29 bits per heavy atom. The summed E-state index contributed by atoms with van der Waals surface area (Å²) in [4.78, 5) is 78.7. The largest absolute Gasteiger partial charge is 0.508 e. The van der Waals surface area contributed by atoms with Crippen LogP contribution < -0.4 is 21.3 Å². The highest BCUT2D eigenvalue weighted by Crippen LogP contribution is 2.43. The highest BCUT2D eigenvalue weighted by atomic mass is 16.3. The Labute approximate surface area is 569 Å². The Bertz CT molecular complexity index is 4920. The summed E-state index contributed by atoms with van der Waals surface area (Å²) in [6, 6.07) is 54.5. The zero-order valence-electron chi connectivity index (χ0n) is 55.7. The fourth-order valence-electron chi connectivity index (χ4n) is 13.6. The van der Waals surface area contributed by atoms with Crippen molar-refractivity contribution in [2.75, 3.05) is 30.3 Å². The molecule has 0 saturated heterocycles. The number of anilines is 2. The molecule has 0 fully saturated rings. The molecule has 7 N–H and O–H groups in total. The summed E-state index contributed by atoms with van der Waals surface area (Å²) < 4.78 is 0.